The van der Waals surface area contributed by atoms with Gasteiger partial charge in [-0.25, -0.2) is 8.42 Å². The van der Waals surface area contributed by atoms with Crippen molar-refractivity contribution in [2.24, 2.45) is 0 Å². The number of sulfonamides is 1. The lowest BCUT2D eigenvalue weighted by molar-refractivity contribution is 0.324. The highest BCUT2D eigenvalue weighted by Crippen LogP contribution is 2.51. The van der Waals surface area contributed by atoms with Crippen molar-refractivity contribution in [3.63, 3.8) is 0 Å². The van der Waals surface area contributed by atoms with Crippen LogP contribution in [0.2, 0.25) is 0 Å². The molecule has 0 saturated carbocycles. The summed E-state index contributed by atoms with van der Waals surface area (Å²) in [6.07, 6.45) is 0. The Balaban J connectivity index is 2.00. The number of ether oxygens (including phenoxy) is 3. The molecule has 1 aliphatic rings. The fraction of sp³-hybridized carbons (Fsp3) is 0.250. The summed E-state index contributed by atoms with van der Waals surface area (Å²) in [6, 6.07) is 11.1. The SMILES string of the molecule is COc1cc2c(c(OC)c1OC)-c1cc(O)c(O)cc1CN(S(=O)(=O)c1ccc(C)cc1)C2. The van der Waals surface area contributed by atoms with E-state index in [0.29, 0.717) is 39.5 Å². The van der Waals surface area contributed by atoms with Crippen molar-refractivity contribution in [3.05, 3.63) is 59.2 Å². The number of rotatable bonds is 5. The molecule has 0 radical (unpaired) electrons. The second-order valence-electron chi connectivity index (χ2n) is 7.76. The number of nitrogens with zero attached hydrogens (tertiary/aromatic N) is 1. The van der Waals surface area contributed by atoms with Crippen LogP contribution in [0, 0.1) is 6.92 Å². The summed E-state index contributed by atoms with van der Waals surface area (Å²) in [5, 5.41) is 20.4. The zero-order chi connectivity index (χ0) is 23.9. The van der Waals surface area contributed by atoms with Crippen LogP contribution >= 0.6 is 0 Å². The molecule has 0 bridgehead atoms. The minimum absolute atomic E-state index is 0.0124. The molecule has 0 fully saturated rings. The molecule has 0 saturated heterocycles. The Morgan fingerprint density at radius 2 is 1.42 bits per heavy atom. The molecule has 3 aromatic rings. The van der Waals surface area contributed by atoms with Gasteiger partial charge in [0.25, 0.3) is 0 Å². The smallest absolute Gasteiger partial charge is 0.243 e. The summed E-state index contributed by atoms with van der Waals surface area (Å²) in [5.41, 5.74) is 3.14. The normalized spacial score (nSPS) is 13.6. The van der Waals surface area contributed by atoms with Gasteiger partial charge in [0.2, 0.25) is 15.8 Å². The molecule has 9 heteroatoms. The number of aryl methyl sites for hydroxylation is 1. The van der Waals surface area contributed by atoms with Gasteiger partial charge < -0.3 is 24.4 Å². The fourth-order valence-corrected chi connectivity index (χ4v) is 5.47. The zero-order valence-electron chi connectivity index (χ0n) is 18.7. The van der Waals surface area contributed by atoms with Crippen LogP contribution in [0.5, 0.6) is 28.7 Å². The standard InChI is InChI=1S/C24H25NO7S/c1-14-5-7-17(8-6-14)33(28,29)25-12-15-9-19(26)20(27)11-18(15)22-16(13-25)10-21(30-2)23(31-3)24(22)32-4/h5-11,26-27H,12-13H2,1-4H3. The van der Waals surface area contributed by atoms with Crippen LogP contribution in [0.3, 0.4) is 0 Å². The summed E-state index contributed by atoms with van der Waals surface area (Å²) in [4.78, 5) is 0.161. The van der Waals surface area contributed by atoms with Gasteiger partial charge >= 0.3 is 0 Å². The summed E-state index contributed by atoms with van der Waals surface area (Å²) >= 11 is 0. The number of phenols is 2. The molecule has 174 valence electrons. The van der Waals surface area contributed by atoms with Gasteiger partial charge in [-0.3, -0.25) is 0 Å². The lowest BCUT2D eigenvalue weighted by Gasteiger charge is -2.22. The summed E-state index contributed by atoms with van der Waals surface area (Å²) in [7, 11) is 0.551. The van der Waals surface area contributed by atoms with Gasteiger partial charge in [-0.1, -0.05) is 17.7 Å². The van der Waals surface area contributed by atoms with Crippen LogP contribution in [0.1, 0.15) is 16.7 Å². The highest BCUT2D eigenvalue weighted by Gasteiger charge is 2.33. The maximum atomic E-state index is 13.6. The van der Waals surface area contributed by atoms with E-state index < -0.39 is 10.0 Å². The molecule has 0 amide bonds. The minimum atomic E-state index is -3.89. The Kier molecular flexibility index (Phi) is 5.85. The molecule has 4 rings (SSSR count). The van der Waals surface area contributed by atoms with Crippen LogP contribution in [-0.2, 0) is 23.1 Å². The van der Waals surface area contributed by atoms with E-state index in [1.807, 2.05) is 6.92 Å². The number of aromatic hydroxyl groups is 2. The molecular weight excluding hydrogens is 446 g/mol. The number of benzene rings is 3. The van der Waals surface area contributed by atoms with Gasteiger partial charge in [-0.15, -0.1) is 0 Å². The third-order valence-corrected chi connectivity index (χ3v) is 7.54. The van der Waals surface area contributed by atoms with E-state index >= 15 is 0 Å². The first-order chi connectivity index (χ1) is 15.7. The Morgan fingerprint density at radius 3 is 2.03 bits per heavy atom. The molecular formula is C24H25NO7S. The highest BCUT2D eigenvalue weighted by molar-refractivity contribution is 7.89. The molecule has 2 N–H and O–H groups in total. The van der Waals surface area contributed by atoms with Gasteiger partial charge in [0.05, 0.1) is 26.2 Å². The van der Waals surface area contributed by atoms with E-state index in [1.165, 1.54) is 37.8 Å². The van der Waals surface area contributed by atoms with Crippen LogP contribution in [-0.4, -0.2) is 44.3 Å². The second kappa shape index (κ2) is 8.49. The minimum Gasteiger partial charge on any atom is -0.504 e. The molecule has 0 spiro atoms. The molecule has 1 heterocycles. The monoisotopic (exact) mass is 471 g/mol. The van der Waals surface area contributed by atoms with Gasteiger partial charge in [-0.05, 0) is 53.9 Å². The maximum absolute atomic E-state index is 13.6. The fourth-order valence-electron chi connectivity index (χ4n) is 4.08. The Hall–Kier alpha value is -3.43. The van der Waals surface area contributed by atoms with Crippen molar-refractivity contribution in [1.82, 2.24) is 4.31 Å². The maximum Gasteiger partial charge on any atom is 0.243 e. The largest absolute Gasteiger partial charge is 0.504 e. The van der Waals surface area contributed by atoms with Crippen LogP contribution in [0.25, 0.3) is 11.1 Å². The van der Waals surface area contributed by atoms with E-state index in [2.05, 4.69) is 0 Å². The molecule has 0 atom stereocenters. The number of hydrogen-bond donors (Lipinski definition) is 2. The molecule has 33 heavy (non-hydrogen) atoms. The van der Waals surface area contributed by atoms with E-state index in [9.17, 15) is 18.6 Å². The quantitative estimate of drug-likeness (QED) is 0.545. The third kappa shape index (κ3) is 3.83. The predicted molar refractivity (Wildman–Crippen MR) is 122 cm³/mol. The van der Waals surface area contributed by atoms with Crippen molar-refractivity contribution in [2.45, 2.75) is 24.9 Å². The van der Waals surface area contributed by atoms with Gasteiger partial charge in [0, 0.05) is 18.7 Å². The lowest BCUT2D eigenvalue weighted by Crippen LogP contribution is -2.29. The zero-order valence-corrected chi connectivity index (χ0v) is 19.6. The first-order valence-corrected chi connectivity index (χ1v) is 11.6. The van der Waals surface area contributed by atoms with Crippen molar-refractivity contribution < 1.29 is 32.8 Å². The van der Waals surface area contributed by atoms with Gasteiger partial charge in [0.1, 0.15) is 0 Å². The average Bonchev–Trinajstić information content (AvgIpc) is 2.95. The van der Waals surface area contributed by atoms with Crippen LogP contribution in [0.15, 0.2) is 47.4 Å². The van der Waals surface area contributed by atoms with Crippen molar-refractivity contribution >= 4 is 10.0 Å². The Labute approximate surface area is 192 Å². The number of hydrogen-bond acceptors (Lipinski definition) is 7. The average molecular weight is 472 g/mol. The van der Waals surface area contributed by atoms with E-state index in [-0.39, 0.29) is 29.5 Å². The Bertz CT molecular complexity index is 1320. The molecule has 1 aliphatic heterocycles. The van der Waals surface area contributed by atoms with E-state index in [4.69, 9.17) is 14.2 Å². The molecule has 3 aromatic carbocycles. The first-order valence-electron chi connectivity index (χ1n) is 10.1. The molecule has 0 aromatic heterocycles. The van der Waals surface area contributed by atoms with Crippen LogP contribution < -0.4 is 14.2 Å². The predicted octanol–water partition coefficient (Wildman–Crippen LogP) is 3.80. The first kappa shape index (κ1) is 22.8. The van der Waals surface area contributed by atoms with Crippen molar-refractivity contribution in [2.75, 3.05) is 21.3 Å². The topological polar surface area (TPSA) is 106 Å². The van der Waals surface area contributed by atoms with E-state index in [1.54, 1.807) is 30.3 Å². The number of methoxy groups -OCH3 is 3. The van der Waals surface area contributed by atoms with Crippen molar-refractivity contribution in [3.8, 4) is 39.9 Å². The second-order valence-corrected chi connectivity index (χ2v) is 9.70. The number of fused-ring (bicyclic) bond motifs is 3. The third-order valence-electron chi connectivity index (χ3n) is 5.73. The number of phenolic OH excluding ortho intramolecular Hbond substituents is 2. The summed E-state index contributed by atoms with van der Waals surface area (Å²) in [6.45, 7) is 1.87. The van der Waals surface area contributed by atoms with Gasteiger partial charge in [0.15, 0.2) is 23.0 Å². The molecule has 8 nitrogen and oxygen atoms in total. The van der Waals surface area contributed by atoms with Gasteiger partial charge in [-0.2, -0.15) is 4.31 Å². The van der Waals surface area contributed by atoms with Crippen molar-refractivity contribution in [1.29, 1.82) is 0 Å². The molecule has 0 unspecified atom stereocenters. The highest BCUT2D eigenvalue weighted by atomic mass is 32.2. The summed E-state index contributed by atoms with van der Waals surface area (Å²) in [5.74, 6) is 0.392. The molecule has 0 aliphatic carbocycles. The summed E-state index contributed by atoms with van der Waals surface area (Å²) < 4.78 is 45.1. The van der Waals surface area contributed by atoms with Crippen LogP contribution in [0.4, 0.5) is 0 Å². The Morgan fingerprint density at radius 1 is 0.818 bits per heavy atom. The lowest BCUT2D eigenvalue weighted by atomic mass is 9.94. The van der Waals surface area contributed by atoms with E-state index in [0.717, 1.165) is 5.56 Å².